The molecule has 3 aromatic carbocycles. The first kappa shape index (κ1) is 17.0. The van der Waals surface area contributed by atoms with Crippen LogP contribution in [-0.4, -0.2) is 0 Å². The van der Waals surface area contributed by atoms with Crippen LogP contribution in [0.15, 0.2) is 78.9 Å². The van der Waals surface area contributed by atoms with Gasteiger partial charge >= 0.3 is 0 Å². The summed E-state index contributed by atoms with van der Waals surface area (Å²) in [5, 5.41) is 29.3. The van der Waals surface area contributed by atoms with Crippen molar-refractivity contribution in [3.63, 3.8) is 0 Å². The first-order chi connectivity index (χ1) is 12.8. The Balaban J connectivity index is 2.16. The van der Waals surface area contributed by atoms with Gasteiger partial charge in [-0.15, -0.1) is 0 Å². The smallest absolute Gasteiger partial charge is 0.0998 e. The van der Waals surface area contributed by atoms with Gasteiger partial charge in [-0.2, -0.15) is 15.8 Å². The van der Waals surface area contributed by atoms with Crippen LogP contribution in [0, 0.1) is 34.0 Å². The molecule has 0 aliphatic heterocycles. The van der Waals surface area contributed by atoms with Crippen molar-refractivity contribution in [2.24, 2.45) is 0 Å². The normalized spacial score (nSPS) is 12.2. The van der Waals surface area contributed by atoms with Crippen molar-refractivity contribution in [2.45, 2.75) is 11.8 Å². The maximum Gasteiger partial charge on any atom is 0.0998 e. The van der Waals surface area contributed by atoms with Gasteiger partial charge in [0.2, 0.25) is 0 Å². The zero-order chi connectivity index (χ0) is 18.4. The second-order valence-electron chi connectivity index (χ2n) is 5.87. The third-order valence-electron chi connectivity index (χ3n) is 4.39. The molecule has 0 aliphatic rings. The molecule has 0 aliphatic carbocycles. The predicted octanol–water partition coefficient (Wildman–Crippen LogP) is 4.87. The largest absolute Gasteiger partial charge is 0.197 e. The van der Waals surface area contributed by atoms with Crippen LogP contribution < -0.4 is 0 Å². The molecule has 0 radical (unpaired) electrons. The number of nitrogens with zero attached hydrogens (tertiary/aromatic N) is 3. The molecule has 0 spiro atoms. The average Bonchev–Trinajstić information content (AvgIpc) is 2.71. The van der Waals surface area contributed by atoms with Gasteiger partial charge in [-0.05, 0) is 22.3 Å². The lowest BCUT2D eigenvalue weighted by Crippen LogP contribution is -2.07. The highest BCUT2D eigenvalue weighted by atomic mass is 14.3. The Bertz CT molecular complexity index is 943. The summed E-state index contributed by atoms with van der Waals surface area (Å²) in [6, 6.07) is 31.0. The summed E-state index contributed by atoms with van der Waals surface area (Å²) in [7, 11) is 0. The zero-order valence-electron chi connectivity index (χ0n) is 14.0. The molecule has 3 nitrogen and oxygen atoms in total. The quantitative estimate of drug-likeness (QED) is 0.684. The van der Waals surface area contributed by atoms with Gasteiger partial charge in [0.15, 0.2) is 0 Å². The molecule has 26 heavy (non-hydrogen) atoms. The summed E-state index contributed by atoms with van der Waals surface area (Å²) in [6.45, 7) is 0. The zero-order valence-corrected chi connectivity index (χ0v) is 14.0. The van der Waals surface area contributed by atoms with E-state index in [1.807, 2.05) is 66.7 Å². The topological polar surface area (TPSA) is 71.4 Å². The van der Waals surface area contributed by atoms with Crippen molar-refractivity contribution in [3.8, 4) is 18.2 Å². The molecule has 3 aromatic rings. The Kier molecular flexibility index (Phi) is 5.09. The number of hydrogen-bond donors (Lipinski definition) is 0. The van der Waals surface area contributed by atoms with E-state index in [0.717, 1.165) is 11.1 Å². The number of hydrogen-bond acceptors (Lipinski definition) is 3. The standard InChI is InChI=1S/C23H15N3/c24-14-21(17-8-3-1-4-9-17)19-12-7-13-20(23(19)16-26)22(15-25)18-10-5-2-6-11-18/h1-13,21-22H/t21-,22-/m0/s1. The van der Waals surface area contributed by atoms with Crippen LogP contribution in [-0.2, 0) is 0 Å². The van der Waals surface area contributed by atoms with Gasteiger partial charge in [0.05, 0.1) is 35.6 Å². The molecule has 0 bridgehead atoms. The lowest BCUT2D eigenvalue weighted by atomic mass is 9.83. The predicted molar refractivity (Wildman–Crippen MR) is 99.0 cm³/mol. The average molecular weight is 333 g/mol. The minimum Gasteiger partial charge on any atom is -0.197 e. The summed E-state index contributed by atoms with van der Waals surface area (Å²) >= 11 is 0. The Morgan fingerprint density at radius 1 is 0.538 bits per heavy atom. The van der Waals surface area contributed by atoms with Gasteiger partial charge in [-0.25, -0.2) is 0 Å². The van der Waals surface area contributed by atoms with E-state index in [-0.39, 0.29) is 0 Å². The lowest BCUT2D eigenvalue weighted by molar-refractivity contribution is 0.984. The van der Waals surface area contributed by atoms with Crippen LogP contribution in [0.1, 0.15) is 39.7 Å². The van der Waals surface area contributed by atoms with E-state index >= 15 is 0 Å². The van der Waals surface area contributed by atoms with E-state index < -0.39 is 11.8 Å². The van der Waals surface area contributed by atoms with Gasteiger partial charge in [0.1, 0.15) is 0 Å². The minimum atomic E-state index is -0.555. The van der Waals surface area contributed by atoms with Gasteiger partial charge < -0.3 is 0 Å². The first-order valence-electron chi connectivity index (χ1n) is 8.22. The Morgan fingerprint density at radius 3 is 1.31 bits per heavy atom. The monoisotopic (exact) mass is 333 g/mol. The minimum absolute atomic E-state index is 0.401. The lowest BCUT2D eigenvalue weighted by Gasteiger charge is -2.17. The van der Waals surface area contributed by atoms with Crippen molar-refractivity contribution >= 4 is 0 Å². The highest BCUT2D eigenvalue weighted by molar-refractivity contribution is 5.55. The molecule has 0 amide bonds. The van der Waals surface area contributed by atoms with E-state index in [1.54, 1.807) is 12.1 Å². The maximum atomic E-state index is 9.81. The fraction of sp³-hybridized carbons (Fsp3) is 0.0870. The molecular weight excluding hydrogens is 318 g/mol. The SMILES string of the molecule is N#Cc1c([C@@H](C#N)c2ccccc2)cccc1[C@@H](C#N)c1ccccc1. The van der Waals surface area contributed by atoms with E-state index in [1.165, 1.54) is 0 Å². The summed E-state index contributed by atoms with van der Waals surface area (Å²) in [4.78, 5) is 0. The molecule has 122 valence electrons. The fourth-order valence-corrected chi connectivity index (χ4v) is 3.14. The molecule has 0 saturated carbocycles. The Morgan fingerprint density at radius 2 is 0.962 bits per heavy atom. The Labute approximate surface area is 153 Å². The highest BCUT2D eigenvalue weighted by Crippen LogP contribution is 2.33. The van der Waals surface area contributed by atoms with Crippen LogP contribution >= 0.6 is 0 Å². The van der Waals surface area contributed by atoms with Crippen molar-refractivity contribution < 1.29 is 0 Å². The molecule has 0 unspecified atom stereocenters. The van der Waals surface area contributed by atoms with Crippen molar-refractivity contribution in [1.29, 1.82) is 15.8 Å². The van der Waals surface area contributed by atoms with Crippen molar-refractivity contribution in [2.75, 3.05) is 0 Å². The van der Waals surface area contributed by atoms with Crippen LogP contribution in [0.5, 0.6) is 0 Å². The van der Waals surface area contributed by atoms with Crippen molar-refractivity contribution in [3.05, 3.63) is 107 Å². The van der Waals surface area contributed by atoms with Gasteiger partial charge in [0.25, 0.3) is 0 Å². The molecule has 3 rings (SSSR count). The summed E-state index contributed by atoms with van der Waals surface area (Å²) in [5.74, 6) is -1.11. The van der Waals surface area contributed by atoms with Gasteiger partial charge in [-0.1, -0.05) is 78.9 Å². The van der Waals surface area contributed by atoms with Crippen molar-refractivity contribution in [1.82, 2.24) is 0 Å². The van der Waals surface area contributed by atoms with Crippen LogP contribution in [0.3, 0.4) is 0 Å². The maximum absolute atomic E-state index is 9.81. The molecule has 2 atom stereocenters. The van der Waals surface area contributed by atoms with E-state index in [9.17, 15) is 15.8 Å². The summed E-state index contributed by atoms with van der Waals surface area (Å²) < 4.78 is 0. The van der Waals surface area contributed by atoms with E-state index in [0.29, 0.717) is 16.7 Å². The Hall–Kier alpha value is -3.87. The molecular formula is C23H15N3. The fourth-order valence-electron chi connectivity index (χ4n) is 3.14. The van der Waals surface area contributed by atoms with Crippen LogP contribution in [0.25, 0.3) is 0 Å². The van der Waals surface area contributed by atoms with Gasteiger partial charge in [-0.3, -0.25) is 0 Å². The summed E-state index contributed by atoms with van der Waals surface area (Å²) in [5.41, 5.74) is 3.33. The molecule has 0 heterocycles. The second kappa shape index (κ2) is 7.80. The number of nitriles is 3. The molecule has 0 N–H and O–H groups in total. The van der Waals surface area contributed by atoms with Crippen LogP contribution in [0.4, 0.5) is 0 Å². The molecule has 3 heteroatoms. The first-order valence-corrected chi connectivity index (χ1v) is 8.22. The van der Waals surface area contributed by atoms with E-state index in [4.69, 9.17) is 0 Å². The third kappa shape index (κ3) is 3.18. The second-order valence-corrected chi connectivity index (χ2v) is 5.87. The molecule has 0 saturated heterocycles. The summed E-state index contributed by atoms with van der Waals surface area (Å²) in [6.07, 6.45) is 0. The number of benzene rings is 3. The van der Waals surface area contributed by atoms with Gasteiger partial charge in [0, 0.05) is 0 Å². The van der Waals surface area contributed by atoms with E-state index in [2.05, 4.69) is 18.2 Å². The molecule has 0 aromatic heterocycles. The number of rotatable bonds is 4. The van der Waals surface area contributed by atoms with Crippen LogP contribution in [0.2, 0.25) is 0 Å². The third-order valence-corrected chi connectivity index (χ3v) is 4.39. The molecule has 0 fully saturated rings. The highest BCUT2D eigenvalue weighted by Gasteiger charge is 2.23.